The van der Waals surface area contributed by atoms with Crippen LogP contribution >= 0.6 is 0 Å². The van der Waals surface area contributed by atoms with Crippen molar-refractivity contribution in [2.24, 2.45) is 5.73 Å². The summed E-state index contributed by atoms with van der Waals surface area (Å²) in [7, 11) is 0. The number of nitrogens with two attached hydrogens (primary N) is 1. The zero-order valence-corrected chi connectivity index (χ0v) is 10.6. The quantitative estimate of drug-likeness (QED) is 0.868. The van der Waals surface area contributed by atoms with Crippen LogP contribution < -0.4 is 10.6 Å². The van der Waals surface area contributed by atoms with Gasteiger partial charge in [0.15, 0.2) is 0 Å². The van der Waals surface area contributed by atoms with E-state index in [2.05, 4.69) is 27.0 Å². The molecule has 1 aromatic heterocycles. The summed E-state index contributed by atoms with van der Waals surface area (Å²) in [6.07, 6.45) is 1.60. The maximum absolute atomic E-state index is 5.67. The van der Waals surface area contributed by atoms with E-state index in [1.54, 1.807) is 6.33 Å². The van der Waals surface area contributed by atoms with Crippen molar-refractivity contribution in [3.63, 3.8) is 0 Å². The second kappa shape index (κ2) is 6.12. The standard InChI is InChI=1S/C14H18N4/c1-12-9-14(17-11-16-12)18(8-7-15)10-13-5-3-2-4-6-13/h2-6,9,11H,7-8,10,15H2,1H3. The molecule has 1 aromatic carbocycles. The average Bonchev–Trinajstić information content (AvgIpc) is 2.39. The monoisotopic (exact) mass is 242 g/mol. The molecule has 4 heteroatoms. The summed E-state index contributed by atoms with van der Waals surface area (Å²) in [5, 5.41) is 0. The van der Waals surface area contributed by atoms with Gasteiger partial charge in [0.25, 0.3) is 0 Å². The molecule has 2 rings (SSSR count). The van der Waals surface area contributed by atoms with Crippen molar-refractivity contribution in [2.75, 3.05) is 18.0 Å². The first-order chi connectivity index (χ1) is 8.79. The highest BCUT2D eigenvalue weighted by Crippen LogP contribution is 2.14. The molecule has 0 atom stereocenters. The normalized spacial score (nSPS) is 10.3. The predicted molar refractivity (Wildman–Crippen MR) is 73.3 cm³/mol. The smallest absolute Gasteiger partial charge is 0.132 e. The van der Waals surface area contributed by atoms with E-state index in [0.717, 1.165) is 24.6 Å². The third-order valence-electron chi connectivity index (χ3n) is 2.73. The number of anilines is 1. The topological polar surface area (TPSA) is 55.0 Å². The van der Waals surface area contributed by atoms with Gasteiger partial charge in [-0.05, 0) is 12.5 Å². The van der Waals surface area contributed by atoms with Crippen molar-refractivity contribution < 1.29 is 0 Å². The van der Waals surface area contributed by atoms with Gasteiger partial charge in [0.2, 0.25) is 0 Å². The molecule has 0 saturated carbocycles. The molecule has 0 spiro atoms. The Labute approximate surface area is 107 Å². The molecule has 18 heavy (non-hydrogen) atoms. The molecule has 0 unspecified atom stereocenters. The molecule has 0 aliphatic carbocycles. The molecule has 0 bridgehead atoms. The van der Waals surface area contributed by atoms with Crippen molar-refractivity contribution in [3.05, 3.63) is 54.0 Å². The Morgan fingerprint density at radius 3 is 2.61 bits per heavy atom. The van der Waals surface area contributed by atoms with Gasteiger partial charge in [0, 0.05) is 31.4 Å². The molecule has 0 aliphatic heterocycles. The van der Waals surface area contributed by atoms with E-state index in [1.165, 1.54) is 5.56 Å². The molecule has 4 nitrogen and oxygen atoms in total. The van der Waals surface area contributed by atoms with Gasteiger partial charge in [0.05, 0.1) is 0 Å². The Balaban J connectivity index is 2.18. The van der Waals surface area contributed by atoms with Gasteiger partial charge in [-0.25, -0.2) is 9.97 Å². The number of hydrogen-bond acceptors (Lipinski definition) is 4. The maximum Gasteiger partial charge on any atom is 0.132 e. The van der Waals surface area contributed by atoms with Gasteiger partial charge in [0.1, 0.15) is 12.1 Å². The zero-order chi connectivity index (χ0) is 12.8. The summed E-state index contributed by atoms with van der Waals surface area (Å²) in [6, 6.07) is 12.3. The lowest BCUT2D eigenvalue weighted by Crippen LogP contribution is -2.29. The molecule has 0 aliphatic rings. The van der Waals surface area contributed by atoms with Gasteiger partial charge in [-0.15, -0.1) is 0 Å². The average molecular weight is 242 g/mol. The fraction of sp³-hybridized carbons (Fsp3) is 0.286. The summed E-state index contributed by atoms with van der Waals surface area (Å²) in [5.74, 6) is 0.928. The van der Waals surface area contributed by atoms with Crippen LogP contribution in [0.1, 0.15) is 11.3 Å². The molecule has 1 heterocycles. The van der Waals surface area contributed by atoms with Crippen LogP contribution in [-0.4, -0.2) is 23.1 Å². The highest BCUT2D eigenvalue weighted by molar-refractivity contribution is 5.39. The van der Waals surface area contributed by atoms with E-state index < -0.39 is 0 Å². The van der Waals surface area contributed by atoms with Crippen molar-refractivity contribution in [1.82, 2.24) is 9.97 Å². The number of rotatable bonds is 5. The van der Waals surface area contributed by atoms with Crippen LogP contribution in [-0.2, 0) is 6.54 Å². The fourth-order valence-electron chi connectivity index (χ4n) is 1.85. The molecule has 0 radical (unpaired) electrons. The number of nitrogens with zero attached hydrogens (tertiary/aromatic N) is 3. The molecule has 0 saturated heterocycles. The Morgan fingerprint density at radius 2 is 1.94 bits per heavy atom. The van der Waals surface area contributed by atoms with E-state index in [-0.39, 0.29) is 0 Å². The number of aromatic nitrogens is 2. The second-order valence-electron chi connectivity index (χ2n) is 4.21. The lowest BCUT2D eigenvalue weighted by atomic mass is 10.2. The molecule has 2 N–H and O–H groups in total. The van der Waals surface area contributed by atoms with Crippen LogP contribution in [0.15, 0.2) is 42.7 Å². The Bertz CT molecular complexity index is 484. The van der Waals surface area contributed by atoms with E-state index in [0.29, 0.717) is 6.54 Å². The number of hydrogen-bond donors (Lipinski definition) is 1. The number of benzene rings is 1. The van der Waals surface area contributed by atoms with Crippen LogP contribution in [0.4, 0.5) is 5.82 Å². The summed E-state index contributed by atoms with van der Waals surface area (Å²) in [4.78, 5) is 10.6. The van der Waals surface area contributed by atoms with Gasteiger partial charge in [-0.3, -0.25) is 0 Å². The summed E-state index contributed by atoms with van der Waals surface area (Å²) in [5.41, 5.74) is 7.89. The van der Waals surface area contributed by atoms with Gasteiger partial charge >= 0.3 is 0 Å². The number of aryl methyl sites for hydroxylation is 1. The van der Waals surface area contributed by atoms with Crippen molar-refractivity contribution >= 4 is 5.82 Å². The third kappa shape index (κ3) is 3.28. The molecule has 0 fully saturated rings. The first kappa shape index (κ1) is 12.5. The Kier molecular flexibility index (Phi) is 4.25. The third-order valence-corrected chi connectivity index (χ3v) is 2.73. The minimum absolute atomic E-state index is 0.607. The van der Waals surface area contributed by atoms with E-state index in [4.69, 9.17) is 5.73 Å². The second-order valence-corrected chi connectivity index (χ2v) is 4.21. The highest BCUT2D eigenvalue weighted by atomic mass is 15.2. The highest BCUT2D eigenvalue weighted by Gasteiger charge is 2.08. The van der Waals surface area contributed by atoms with Crippen molar-refractivity contribution in [3.8, 4) is 0 Å². The minimum Gasteiger partial charge on any atom is -0.351 e. The van der Waals surface area contributed by atoms with Crippen molar-refractivity contribution in [1.29, 1.82) is 0 Å². The van der Waals surface area contributed by atoms with Crippen LogP contribution in [0, 0.1) is 6.92 Å². The van der Waals surface area contributed by atoms with Crippen LogP contribution in [0.25, 0.3) is 0 Å². The van der Waals surface area contributed by atoms with Gasteiger partial charge in [-0.1, -0.05) is 30.3 Å². The summed E-state index contributed by atoms with van der Waals surface area (Å²) in [6.45, 7) is 4.17. The van der Waals surface area contributed by atoms with E-state index in [1.807, 2.05) is 31.2 Å². The van der Waals surface area contributed by atoms with E-state index in [9.17, 15) is 0 Å². The van der Waals surface area contributed by atoms with Gasteiger partial charge < -0.3 is 10.6 Å². The lowest BCUT2D eigenvalue weighted by molar-refractivity contribution is 0.772. The van der Waals surface area contributed by atoms with Gasteiger partial charge in [-0.2, -0.15) is 0 Å². The van der Waals surface area contributed by atoms with Crippen LogP contribution in [0.3, 0.4) is 0 Å². The first-order valence-electron chi connectivity index (χ1n) is 6.07. The molecule has 2 aromatic rings. The zero-order valence-electron chi connectivity index (χ0n) is 10.6. The molecular formula is C14H18N4. The van der Waals surface area contributed by atoms with Crippen molar-refractivity contribution in [2.45, 2.75) is 13.5 Å². The van der Waals surface area contributed by atoms with E-state index >= 15 is 0 Å². The first-order valence-corrected chi connectivity index (χ1v) is 6.07. The summed E-state index contributed by atoms with van der Waals surface area (Å²) < 4.78 is 0. The lowest BCUT2D eigenvalue weighted by Gasteiger charge is -2.23. The summed E-state index contributed by atoms with van der Waals surface area (Å²) >= 11 is 0. The fourth-order valence-corrected chi connectivity index (χ4v) is 1.85. The van der Waals surface area contributed by atoms with Crippen LogP contribution in [0.2, 0.25) is 0 Å². The minimum atomic E-state index is 0.607. The Hall–Kier alpha value is -1.94. The maximum atomic E-state index is 5.67. The largest absolute Gasteiger partial charge is 0.351 e. The molecule has 94 valence electrons. The molecule has 0 amide bonds. The molecular weight excluding hydrogens is 224 g/mol. The predicted octanol–water partition coefficient (Wildman–Crippen LogP) is 1.75. The Morgan fingerprint density at radius 1 is 1.17 bits per heavy atom. The van der Waals surface area contributed by atoms with Crippen LogP contribution in [0.5, 0.6) is 0 Å². The SMILES string of the molecule is Cc1cc(N(CCN)Cc2ccccc2)ncn1.